The van der Waals surface area contributed by atoms with Gasteiger partial charge in [0.25, 0.3) is 0 Å². The lowest BCUT2D eigenvalue weighted by Gasteiger charge is -2.41. The summed E-state index contributed by atoms with van der Waals surface area (Å²) < 4.78 is 0. The lowest BCUT2D eigenvalue weighted by molar-refractivity contribution is 0.146. The van der Waals surface area contributed by atoms with E-state index in [9.17, 15) is 0 Å². The zero-order chi connectivity index (χ0) is 14.7. The van der Waals surface area contributed by atoms with E-state index in [0.717, 1.165) is 43.7 Å². The second-order valence-electron chi connectivity index (χ2n) is 5.93. The average Bonchev–Trinajstić information content (AvgIpc) is 3.04. The largest absolute Gasteiger partial charge is 0.369 e. The van der Waals surface area contributed by atoms with Gasteiger partial charge in [-0.15, -0.1) is 0 Å². The fraction of sp³-hybridized carbons (Fsp3) is 0.625. The van der Waals surface area contributed by atoms with E-state index in [1.165, 1.54) is 23.6 Å². The van der Waals surface area contributed by atoms with Gasteiger partial charge in [0.15, 0.2) is 0 Å². The van der Waals surface area contributed by atoms with Crippen molar-refractivity contribution in [3.8, 4) is 0 Å². The van der Waals surface area contributed by atoms with E-state index in [1.54, 1.807) is 0 Å². The van der Waals surface area contributed by atoms with Gasteiger partial charge < -0.3 is 10.6 Å². The first-order chi connectivity index (χ1) is 10.3. The molecule has 2 aliphatic heterocycles. The maximum absolute atomic E-state index is 6.07. The third kappa shape index (κ3) is 3.67. The summed E-state index contributed by atoms with van der Waals surface area (Å²) in [5, 5.41) is 0.805. The highest BCUT2D eigenvalue weighted by Gasteiger charge is 2.31. The van der Waals surface area contributed by atoms with E-state index in [2.05, 4.69) is 33.7 Å². The van der Waals surface area contributed by atoms with E-state index in [0.29, 0.717) is 6.04 Å². The van der Waals surface area contributed by atoms with Crippen molar-refractivity contribution in [2.24, 2.45) is 11.7 Å². The molecule has 2 unspecified atom stereocenters. The van der Waals surface area contributed by atoms with Gasteiger partial charge in [-0.2, -0.15) is 11.8 Å². The molecule has 2 saturated heterocycles. The third-order valence-electron chi connectivity index (χ3n) is 4.73. The molecule has 0 aromatic heterocycles. The molecule has 0 spiro atoms. The number of nitrogens with two attached hydrogens (primary N) is 1. The standard InChI is InChI=1S/C16H24ClN3S/c17-14-1-3-15(4-2-14)19-6-8-20(9-7-19)16(11-18)13-5-10-21-12-13/h1-4,13,16H,5-12,18H2. The number of halogens is 1. The zero-order valence-electron chi connectivity index (χ0n) is 12.4. The smallest absolute Gasteiger partial charge is 0.0407 e. The van der Waals surface area contributed by atoms with E-state index in [4.69, 9.17) is 17.3 Å². The van der Waals surface area contributed by atoms with Crippen LogP contribution in [0.4, 0.5) is 5.69 Å². The topological polar surface area (TPSA) is 32.5 Å². The lowest BCUT2D eigenvalue weighted by Crippen LogP contribution is -2.54. The number of nitrogens with zero attached hydrogens (tertiary/aromatic N) is 2. The van der Waals surface area contributed by atoms with Gasteiger partial charge in [0, 0.05) is 49.5 Å². The van der Waals surface area contributed by atoms with Crippen molar-refractivity contribution < 1.29 is 0 Å². The Kier molecular flexibility index (Phi) is 5.33. The molecule has 2 heterocycles. The molecule has 3 rings (SSSR count). The summed E-state index contributed by atoms with van der Waals surface area (Å²) in [5.74, 6) is 3.40. The fourth-order valence-electron chi connectivity index (χ4n) is 3.46. The molecule has 21 heavy (non-hydrogen) atoms. The molecule has 2 aliphatic rings. The summed E-state index contributed by atoms with van der Waals surface area (Å²) in [4.78, 5) is 5.06. The first-order valence-electron chi connectivity index (χ1n) is 7.80. The Bertz CT molecular complexity index is 439. The molecule has 1 aromatic rings. The highest BCUT2D eigenvalue weighted by atomic mass is 35.5. The van der Waals surface area contributed by atoms with Gasteiger partial charge in [-0.05, 0) is 48.1 Å². The van der Waals surface area contributed by atoms with Crippen LogP contribution in [-0.2, 0) is 0 Å². The Morgan fingerprint density at radius 2 is 1.90 bits per heavy atom. The van der Waals surface area contributed by atoms with Gasteiger partial charge in [-0.1, -0.05) is 11.6 Å². The van der Waals surface area contributed by atoms with Gasteiger partial charge in [0.1, 0.15) is 0 Å². The van der Waals surface area contributed by atoms with Crippen LogP contribution < -0.4 is 10.6 Å². The van der Waals surface area contributed by atoms with Crippen LogP contribution >= 0.6 is 23.4 Å². The highest BCUT2D eigenvalue weighted by molar-refractivity contribution is 7.99. The molecule has 3 nitrogen and oxygen atoms in total. The van der Waals surface area contributed by atoms with Crippen molar-refractivity contribution >= 4 is 29.1 Å². The summed E-state index contributed by atoms with van der Waals surface area (Å²) in [7, 11) is 0. The minimum Gasteiger partial charge on any atom is -0.369 e. The minimum absolute atomic E-state index is 0.576. The number of rotatable bonds is 4. The van der Waals surface area contributed by atoms with Crippen molar-refractivity contribution in [3.05, 3.63) is 29.3 Å². The predicted octanol–water partition coefficient (Wildman–Crippen LogP) is 2.54. The van der Waals surface area contributed by atoms with Gasteiger partial charge in [0.05, 0.1) is 0 Å². The van der Waals surface area contributed by atoms with Crippen LogP contribution in [0, 0.1) is 5.92 Å². The number of benzene rings is 1. The van der Waals surface area contributed by atoms with Crippen molar-refractivity contribution in [1.29, 1.82) is 0 Å². The van der Waals surface area contributed by atoms with Crippen molar-refractivity contribution in [3.63, 3.8) is 0 Å². The van der Waals surface area contributed by atoms with Crippen molar-refractivity contribution in [1.82, 2.24) is 4.90 Å². The molecular weight excluding hydrogens is 302 g/mol. The highest BCUT2D eigenvalue weighted by Crippen LogP contribution is 2.29. The molecule has 0 amide bonds. The summed E-state index contributed by atoms with van der Waals surface area (Å²) in [6, 6.07) is 8.76. The molecule has 0 saturated carbocycles. The summed E-state index contributed by atoms with van der Waals surface area (Å²) in [6.07, 6.45) is 1.34. The number of hydrogen-bond donors (Lipinski definition) is 1. The van der Waals surface area contributed by atoms with Crippen LogP contribution in [0.3, 0.4) is 0 Å². The van der Waals surface area contributed by atoms with Crippen molar-refractivity contribution in [2.75, 3.05) is 49.1 Å². The first kappa shape index (κ1) is 15.5. The maximum Gasteiger partial charge on any atom is 0.0407 e. The minimum atomic E-state index is 0.576. The molecule has 0 radical (unpaired) electrons. The second-order valence-corrected chi connectivity index (χ2v) is 7.51. The second kappa shape index (κ2) is 7.23. The van der Waals surface area contributed by atoms with E-state index in [1.807, 2.05) is 12.1 Å². The third-order valence-corrected chi connectivity index (χ3v) is 6.17. The van der Waals surface area contributed by atoms with Gasteiger partial charge in [-0.3, -0.25) is 4.90 Å². The van der Waals surface area contributed by atoms with Crippen LogP contribution in [0.15, 0.2) is 24.3 Å². The van der Waals surface area contributed by atoms with E-state index in [-0.39, 0.29) is 0 Å². The Labute approximate surface area is 136 Å². The van der Waals surface area contributed by atoms with Crippen molar-refractivity contribution in [2.45, 2.75) is 12.5 Å². The maximum atomic E-state index is 6.07. The Morgan fingerprint density at radius 3 is 2.48 bits per heavy atom. The number of hydrogen-bond acceptors (Lipinski definition) is 4. The quantitative estimate of drug-likeness (QED) is 0.922. The number of anilines is 1. The summed E-state index contributed by atoms with van der Waals surface area (Å²) in [5.41, 5.74) is 7.34. The van der Waals surface area contributed by atoms with E-state index >= 15 is 0 Å². The molecule has 0 aliphatic carbocycles. The molecular formula is C16H24ClN3S. The molecule has 1 aromatic carbocycles. The molecule has 116 valence electrons. The van der Waals surface area contributed by atoms with Gasteiger partial charge in [-0.25, -0.2) is 0 Å². The Balaban J connectivity index is 1.57. The first-order valence-corrected chi connectivity index (χ1v) is 9.33. The van der Waals surface area contributed by atoms with Gasteiger partial charge in [0.2, 0.25) is 0 Å². The molecule has 2 fully saturated rings. The molecule has 2 atom stereocenters. The lowest BCUT2D eigenvalue weighted by atomic mass is 9.97. The van der Waals surface area contributed by atoms with Crippen LogP contribution in [0.5, 0.6) is 0 Å². The predicted molar refractivity (Wildman–Crippen MR) is 93.5 cm³/mol. The Morgan fingerprint density at radius 1 is 1.19 bits per heavy atom. The molecule has 5 heteroatoms. The van der Waals surface area contributed by atoms with Crippen LogP contribution in [0.2, 0.25) is 5.02 Å². The van der Waals surface area contributed by atoms with Crippen LogP contribution in [0.1, 0.15) is 6.42 Å². The summed E-state index contributed by atoms with van der Waals surface area (Å²) >= 11 is 8.05. The number of thioether (sulfide) groups is 1. The van der Waals surface area contributed by atoms with E-state index < -0.39 is 0 Å². The van der Waals surface area contributed by atoms with Crippen LogP contribution in [0.25, 0.3) is 0 Å². The fourth-order valence-corrected chi connectivity index (χ4v) is 4.91. The normalized spacial score (nSPS) is 25.2. The van der Waals surface area contributed by atoms with Crippen LogP contribution in [-0.4, -0.2) is 55.2 Å². The molecule has 0 bridgehead atoms. The Hall–Kier alpha value is -0.420. The monoisotopic (exact) mass is 325 g/mol. The zero-order valence-corrected chi connectivity index (χ0v) is 14.0. The van der Waals surface area contributed by atoms with Gasteiger partial charge >= 0.3 is 0 Å². The SMILES string of the molecule is NCC(C1CCSC1)N1CCN(c2ccc(Cl)cc2)CC1. The average molecular weight is 326 g/mol. The summed E-state index contributed by atoms with van der Waals surface area (Å²) in [6.45, 7) is 5.19. The number of piperazine rings is 1. The molecule has 2 N–H and O–H groups in total.